The molecule has 0 unspecified atom stereocenters. The average Bonchev–Trinajstić information content (AvgIpc) is 2.75. The highest BCUT2D eigenvalue weighted by Gasteiger charge is 2.28. The number of hydrogen-bond donors (Lipinski definition) is 0. The zero-order valence-electron chi connectivity index (χ0n) is 16.0. The Kier molecular flexibility index (Phi) is 5.81. The first-order valence-electron chi connectivity index (χ1n) is 9.99. The van der Waals surface area contributed by atoms with Crippen molar-refractivity contribution in [2.24, 2.45) is 5.92 Å². The van der Waals surface area contributed by atoms with Crippen LogP contribution in [0.2, 0.25) is 0 Å². The van der Waals surface area contributed by atoms with Gasteiger partial charge in [-0.05, 0) is 43.0 Å². The monoisotopic (exact) mass is 383 g/mol. The number of anilines is 1. The third-order valence-corrected chi connectivity index (χ3v) is 5.60. The molecule has 148 valence electrons. The molecule has 2 aromatic heterocycles. The largest absolute Gasteiger partial charge is 0.354 e. The number of hydrogen-bond acceptors (Lipinski definition) is 5. The number of nitrogens with zero attached hydrogens (tertiary/aromatic N) is 5. The molecule has 0 radical (unpaired) electrons. The molecule has 2 aromatic rings. The lowest BCUT2D eigenvalue weighted by atomic mass is 9.96. The molecule has 4 rings (SSSR count). The van der Waals surface area contributed by atoms with Gasteiger partial charge in [0.1, 0.15) is 11.5 Å². The summed E-state index contributed by atoms with van der Waals surface area (Å²) < 4.78 is 13.3. The zero-order chi connectivity index (χ0) is 19.3. The first-order chi connectivity index (χ1) is 13.7. The Balaban J connectivity index is 1.29. The number of aromatic nitrogens is 2. The van der Waals surface area contributed by atoms with Gasteiger partial charge in [0.25, 0.3) is 5.91 Å². The molecule has 2 saturated heterocycles. The van der Waals surface area contributed by atoms with E-state index in [0.29, 0.717) is 5.92 Å². The van der Waals surface area contributed by atoms with Gasteiger partial charge in [-0.3, -0.25) is 9.69 Å². The lowest BCUT2D eigenvalue weighted by Crippen LogP contribution is -2.50. The van der Waals surface area contributed by atoms with Crippen LogP contribution in [-0.2, 0) is 0 Å². The third kappa shape index (κ3) is 4.47. The molecule has 0 aromatic carbocycles. The summed E-state index contributed by atoms with van der Waals surface area (Å²) >= 11 is 0. The number of carbonyl (C=O) groups is 1. The summed E-state index contributed by atoms with van der Waals surface area (Å²) in [5, 5.41) is 0. The minimum Gasteiger partial charge on any atom is -0.354 e. The lowest BCUT2D eigenvalue weighted by molar-refractivity contribution is 0.0630. The molecule has 0 N–H and O–H groups in total. The predicted octanol–water partition coefficient (Wildman–Crippen LogP) is 2.29. The van der Waals surface area contributed by atoms with Crippen molar-refractivity contribution in [2.75, 3.05) is 50.7 Å². The van der Waals surface area contributed by atoms with E-state index in [1.165, 1.54) is 12.1 Å². The number of carbonyl (C=O) groups excluding carboxylic acids is 1. The molecule has 1 atom stereocenters. The smallest absolute Gasteiger partial charge is 0.272 e. The van der Waals surface area contributed by atoms with E-state index in [0.717, 1.165) is 64.5 Å². The fourth-order valence-corrected chi connectivity index (χ4v) is 4.15. The lowest BCUT2D eigenvalue weighted by Gasteiger charge is -2.39. The molecular weight excluding hydrogens is 357 g/mol. The van der Waals surface area contributed by atoms with Crippen molar-refractivity contribution in [1.82, 2.24) is 19.8 Å². The summed E-state index contributed by atoms with van der Waals surface area (Å²) in [6.07, 6.45) is 3.95. The normalized spacial score (nSPS) is 21.0. The number of halogens is 1. The van der Waals surface area contributed by atoms with Crippen molar-refractivity contribution in [2.45, 2.75) is 12.8 Å². The summed E-state index contributed by atoms with van der Waals surface area (Å²) in [4.78, 5) is 27.5. The molecular formula is C21H26FN5O. The van der Waals surface area contributed by atoms with Crippen molar-refractivity contribution >= 4 is 11.7 Å². The molecule has 2 fully saturated rings. The quantitative estimate of drug-likeness (QED) is 0.759. The number of piperidine rings is 1. The van der Waals surface area contributed by atoms with Gasteiger partial charge in [0, 0.05) is 52.0 Å². The Morgan fingerprint density at radius 3 is 2.68 bits per heavy atom. The van der Waals surface area contributed by atoms with E-state index >= 15 is 0 Å². The summed E-state index contributed by atoms with van der Waals surface area (Å²) in [6, 6.07) is 10.4. The number of pyridine rings is 2. The van der Waals surface area contributed by atoms with Crippen molar-refractivity contribution in [3.63, 3.8) is 0 Å². The summed E-state index contributed by atoms with van der Waals surface area (Å²) in [5.41, 5.74) is 0.199. The highest BCUT2D eigenvalue weighted by molar-refractivity contribution is 5.92. The van der Waals surface area contributed by atoms with E-state index in [-0.39, 0.29) is 11.6 Å². The molecule has 0 spiro atoms. The molecule has 6 nitrogen and oxygen atoms in total. The number of rotatable bonds is 4. The van der Waals surface area contributed by atoms with Crippen LogP contribution in [0.1, 0.15) is 23.3 Å². The maximum absolute atomic E-state index is 13.3. The van der Waals surface area contributed by atoms with Crippen LogP contribution in [0.4, 0.5) is 10.2 Å². The predicted molar refractivity (Wildman–Crippen MR) is 106 cm³/mol. The van der Waals surface area contributed by atoms with E-state index < -0.39 is 5.95 Å². The third-order valence-electron chi connectivity index (χ3n) is 5.60. The number of piperazine rings is 1. The van der Waals surface area contributed by atoms with E-state index in [1.54, 1.807) is 6.07 Å². The first-order valence-corrected chi connectivity index (χ1v) is 9.99. The molecule has 1 amide bonds. The summed E-state index contributed by atoms with van der Waals surface area (Å²) in [6.45, 7) is 6.40. The molecule has 0 aliphatic carbocycles. The van der Waals surface area contributed by atoms with E-state index in [4.69, 9.17) is 0 Å². The van der Waals surface area contributed by atoms with Crippen molar-refractivity contribution in [3.8, 4) is 0 Å². The maximum Gasteiger partial charge on any atom is 0.272 e. The fourth-order valence-electron chi connectivity index (χ4n) is 4.15. The second-order valence-electron chi connectivity index (χ2n) is 7.58. The van der Waals surface area contributed by atoms with E-state index in [1.807, 2.05) is 23.2 Å². The van der Waals surface area contributed by atoms with Crippen LogP contribution in [-0.4, -0.2) is 71.5 Å². The highest BCUT2D eigenvalue weighted by Crippen LogP contribution is 2.21. The van der Waals surface area contributed by atoms with Crippen molar-refractivity contribution < 1.29 is 9.18 Å². The van der Waals surface area contributed by atoms with Gasteiger partial charge in [-0.2, -0.15) is 4.39 Å². The molecule has 2 aliphatic heterocycles. The maximum atomic E-state index is 13.3. The van der Waals surface area contributed by atoms with Gasteiger partial charge in [0.15, 0.2) is 0 Å². The van der Waals surface area contributed by atoms with Gasteiger partial charge in [-0.25, -0.2) is 9.97 Å². The van der Waals surface area contributed by atoms with Crippen LogP contribution < -0.4 is 4.90 Å². The second-order valence-corrected chi connectivity index (χ2v) is 7.58. The molecule has 28 heavy (non-hydrogen) atoms. The fraction of sp³-hybridized carbons (Fsp3) is 0.476. The Morgan fingerprint density at radius 2 is 1.93 bits per heavy atom. The van der Waals surface area contributed by atoms with Crippen LogP contribution in [0.5, 0.6) is 0 Å². The number of amides is 1. The van der Waals surface area contributed by atoms with E-state index in [9.17, 15) is 9.18 Å². The van der Waals surface area contributed by atoms with Gasteiger partial charge in [-0.1, -0.05) is 12.1 Å². The minimum atomic E-state index is -0.606. The highest BCUT2D eigenvalue weighted by atomic mass is 19.1. The molecule has 0 bridgehead atoms. The minimum absolute atomic E-state index is 0.163. The van der Waals surface area contributed by atoms with Crippen LogP contribution in [0.25, 0.3) is 0 Å². The zero-order valence-corrected chi connectivity index (χ0v) is 16.0. The van der Waals surface area contributed by atoms with Gasteiger partial charge >= 0.3 is 0 Å². The van der Waals surface area contributed by atoms with Crippen LogP contribution in [0.15, 0.2) is 42.6 Å². The Morgan fingerprint density at radius 1 is 1.07 bits per heavy atom. The van der Waals surface area contributed by atoms with Crippen LogP contribution >= 0.6 is 0 Å². The average molecular weight is 383 g/mol. The van der Waals surface area contributed by atoms with Gasteiger partial charge < -0.3 is 9.80 Å². The topological polar surface area (TPSA) is 52.6 Å². The van der Waals surface area contributed by atoms with Crippen LogP contribution in [0.3, 0.4) is 0 Å². The SMILES string of the molecule is O=C(c1cccc(F)n1)N1CCC[C@@H](CN2CCN(c3ccccn3)CC2)C1. The molecule has 0 saturated carbocycles. The number of likely N-dealkylation sites (tertiary alicyclic amines) is 1. The second kappa shape index (κ2) is 8.65. The van der Waals surface area contributed by atoms with Crippen LogP contribution in [0, 0.1) is 11.9 Å². The van der Waals surface area contributed by atoms with Gasteiger partial charge in [-0.15, -0.1) is 0 Å². The van der Waals surface area contributed by atoms with Gasteiger partial charge in [0.2, 0.25) is 5.95 Å². The van der Waals surface area contributed by atoms with Crippen molar-refractivity contribution in [1.29, 1.82) is 0 Å². The Hall–Kier alpha value is -2.54. The van der Waals surface area contributed by atoms with Gasteiger partial charge in [0.05, 0.1) is 0 Å². The Bertz CT molecular complexity index is 794. The standard InChI is InChI=1S/C21H26FN5O/c22-19-7-3-6-18(24-19)21(28)27-10-4-5-17(16-27)15-25-11-13-26(14-12-25)20-8-1-2-9-23-20/h1-3,6-9,17H,4-5,10-16H2/t17-/m0/s1. The summed E-state index contributed by atoms with van der Waals surface area (Å²) in [5.74, 6) is 0.723. The van der Waals surface area contributed by atoms with E-state index in [2.05, 4.69) is 25.8 Å². The summed E-state index contributed by atoms with van der Waals surface area (Å²) in [7, 11) is 0. The molecule has 7 heteroatoms. The molecule has 2 aliphatic rings. The Labute approximate surface area is 165 Å². The molecule has 4 heterocycles. The first kappa shape index (κ1) is 18.8. The van der Waals surface area contributed by atoms with Crippen molar-refractivity contribution in [3.05, 3.63) is 54.2 Å².